The molecular weight excluding hydrogens is 280 g/mol. The minimum atomic E-state index is -0.503. The van der Waals surface area contributed by atoms with Crippen LogP contribution in [-0.2, 0) is 4.74 Å². The lowest BCUT2D eigenvalue weighted by molar-refractivity contribution is 0.102. The molecule has 1 aromatic heterocycles. The number of amides is 1. The predicted molar refractivity (Wildman–Crippen MR) is 84.1 cm³/mol. The SMILES string of the molecule is COC(=O)n1ccc2cccc(NC(=O)c3ccccc3)c21. The molecule has 3 aromatic rings. The van der Waals surface area contributed by atoms with E-state index in [1.807, 2.05) is 18.2 Å². The molecule has 1 heterocycles. The molecule has 0 radical (unpaired) electrons. The lowest BCUT2D eigenvalue weighted by Crippen LogP contribution is -2.15. The summed E-state index contributed by atoms with van der Waals surface area (Å²) in [7, 11) is 1.32. The zero-order chi connectivity index (χ0) is 15.5. The number of hydrogen-bond donors (Lipinski definition) is 1. The Morgan fingerprint density at radius 1 is 1.00 bits per heavy atom. The molecule has 5 nitrogen and oxygen atoms in total. The van der Waals surface area contributed by atoms with E-state index >= 15 is 0 Å². The molecule has 0 aliphatic heterocycles. The quantitative estimate of drug-likeness (QED) is 0.786. The van der Waals surface area contributed by atoms with Crippen molar-refractivity contribution in [3.05, 3.63) is 66.4 Å². The largest absolute Gasteiger partial charge is 0.452 e. The summed E-state index contributed by atoms with van der Waals surface area (Å²) in [5, 5.41) is 3.68. The third kappa shape index (κ3) is 2.44. The summed E-state index contributed by atoms with van der Waals surface area (Å²) in [4.78, 5) is 24.1. The summed E-state index contributed by atoms with van der Waals surface area (Å²) in [6.45, 7) is 0. The van der Waals surface area contributed by atoms with Crippen molar-refractivity contribution in [3.63, 3.8) is 0 Å². The second-order valence-corrected chi connectivity index (χ2v) is 4.72. The van der Waals surface area contributed by atoms with Gasteiger partial charge in [0.2, 0.25) is 0 Å². The monoisotopic (exact) mass is 294 g/mol. The number of anilines is 1. The van der Waals surface area contributed by atoms with Crippen LogP contribution >= 0.6 is 0 Å². The fourth-order valence-corrected chi connectivity index (χ4v) is 2.33. The Morgan fingerprint density at radius 3 is 2.50 bits per heavy atom. The number of carbonyl (C=O) groups is 2. The molecule has 1 amide bonds. The number of aromatic nitrogens is 1. The van der Waals surface area contributed by atoms with Gasteiger partial charge in [-0.3, -0.25) is 9.36 Å². The summed E-state index contributed by atoms with van der Waals surface area (Å²) in [5.41, 5.74) is 1.72. The van der Waals surface area contributed by atoms with Crippen LogP contribution in [-0.4, -0.2) is 23.7 Å². The van der Waals surface area contributed by atoms with Crippen LogP contribution in [0.2, 0.25) is 0 Å². The van der Waals surface area contributed by atoms with Crippen LogP contribution in [0.25, 0.3) is 10.9 Å². The van der Waals surface area contributed by atoms with Crippen LogP contribution in [0, 0.1) is 0 Å². The number of fused-ring (bicyclic) bond motifs is 1. The predicted octanol–water partition coefficient (Wildman–Crippen LogP) is 3.51. The third-order valence-corrected chi connectivity index (χ3v) is 3.37. The Hall–Kier alpha value is -3.08. The highest BCUT2D eigenvalue weighted by atomic mass is 16.5. The first kappa shape index (κ1) is 13.9. The van der Waals surface area contributed by atoms with Crippen molar-refractivity contribution in [2.24, 2.45) is 0 Å². The molecule has 1 N–H and O–H groups in total. The van der Waals surface area contributed by atoms with Gasteiger partial charge in [-0.15, -0.1) is 0 Å². The van der Waals surface area contributed by atoms with Crippen molar-refractivity contribution in [2.45, 2.75) is 0 Å². The van der Waals surface area contributed by atoms with Crippen molar-refractivity contribution in [1.82, 2.24) is 4.57 Å². The van der Waals surface area contributed by atoms with E-state index in [4.69, 9.17) is 4.74 Å². The minimum absolute atomic E-state index is 0.231. The highest BCUT2D eigenvalue weighted by molar-refractivity contribution is 6.09. The average molecular weight is 294 g/mol. The second kappa shape index (κ2) is 5.73. The van der Waals surface area contributed by atoms with Crippen LogP contribution in [0.3, 0.4) is 0 Å². The van der Waals surface area contributed by atoms with E-state index in [0.717, 1.165) is 5.39 Å². The Bertz CT molecular complexity index is 837. The maximum atomic E-state index is 12.3. The molecule has 0 fully saturated rings. The number of hydrogen-bond acceptors (Lipinski definition) is 3. The van der Waals surface area contributed by atoms with Crippen molar-refractivity contribution in [1.29, 1.82) is 0 Å². The zero-order valence-corrected chi connectivity index (χ0v) is 11.9. The van der Waals surface area contributed by atoms with Crippen molar-refractivity contribution in [3.8, 4) is 0 Å². The van der Waals surface area contributed by atoms with Gasteiger partial charge in [-0.25, -0.2) is 4.79 Å². The van der Waals surface area contributed by atoms with Crippen molar-refractivity contribution >= 4 is 28.6 Å². The number of nitrogens with one attached hydrogen (secondary N) is 1. The van der Waals surface area contributed by atoms with E-state index in [0.29, 0.717) is 16.8 Å². The number of ether oxygens (including phenoxy) is 1. The Labute approximate surface area is 127 Å². The maximum Gasteiger partial charge on any atom is 0.418 e. The van der Waals surface area contributed by atoms with Gasteiger partial charge in [-0.1, -0.05) is 30.3 Å². The molecule has 0 aliphatic rings. The van der Waals surface area contributed by atoms with E-state index < -0.39 is 6.09 Å². The normalized spacial score (nSPS) is 10.4. The van der Waals surface area contributed by atoms with Crippen molar-refractivity contribution < 1.29 is 14.3 Å². The van der Waals surface area contributed by atoms with E-state index in [9.17, 15) is 9.59 Å². The maximum absolute atomic E-state index is 12.3. The molecule has 0 bridgehead atoms. The Kier molecular flexibility index (Phi) is 3.62. The van der Waals surface area contributed by atoms with Crippen LogP contribution in [0.15, 0.2) is 60.8 Å². The average Bonchev–Trinajstić information content (AvgIpc) is 3.00. The van der Waals surface area contributed by atoms with Gasteiger partial charge in [0.05, 0.1) is 18.3 Å². The lowest BCUT2D eigenvalue weighted by atomic mass is 10.2. The van der Waals surface area contributed by atoms with E-state index in [1.54, 1.807) is 42.6 Å². The number of nitrogens with zero attached hydrogens (tertiary/aromatic N) is 1. The molecule has 0 saturated heterocycles. The van der Waals surface area contributed by atoms with Gasteiger partial charge in [-0.05, 0) is 24.3 Å². The number of benzene rings is 2. The van der Waals surface area contributed by atoms with Crippen LogP contribution in [0.1, 0.15) is 10.4 Å². The Balaban J connectivity index is 2.02. The Morgan fingerprint density at radius 2 is 1.77 bits per heavy atom. The molecule has 0 aliphatic carbocycles. The van der Waals surface area contributed by atoms with Gasteiger partial charge in [0.1, 0.15) is 0 Å². The molecular formula is C17H14N2O3. The standard InChI is InChI=1S/C17H14N2O3/c1-22-17(21)19-11-10-12-8-5-9-14(15(12)19)18-16(20)13-6-3-2-4-7-13/h2-11H,1H3,(H,18,20). The van der Waals surface area contributed by atoms with E-state index in [1.165, 1.54) is 11.7 Å². The number of para-hydroxylation sites is 1. The summed E-state index contributed by atoms with van der Waals surface area (Å²) in [6, 6.07) is 16.1. The number of carbonyl (C=O) groups excluding carboxylic acids is 2. The zero-order valence-electron chi connectivity index (χ0n) is 11.9. The van der Waals surface area contributed by atoms with E-state index in [-0.39, 0.29) is 5.91 Å². The molecule has 0 atom stereocenters. The summed E-state index contributed by atoms with van der Waals surface area (Å²) >= 11 is 0. The lowest BCUT2D eigenvalue weighted by Gasteiger charge is -2.09. The topological polar surface area (TPSA) is 60.3 Å². The summed E-state index contributed by atoms with van der Waals surface area (Å²) in [5.74, 6) is -0.231. The van der Waals surface area contributed by atoms with Crippen LogP contribution in [0.4, 0.5) is 10.5 Å². The smallest absolute Gasteiger partial charge is 0.418 e. The van der Waals surface area contributed by atoms with Gasteiger partial charge in [0.15, 0.2) is 0 Å². The van der Waals surface area contributed by atoms with Gasteiger partial charge < -0.3 is 10.1 Å². The molecule has 0 unspecified atom stereocenters. The fraction of sp³-hybridized carbons (Fsp3) is 0.0588. The minimum Gasteiger partial charge on any atom is -0.452 e. The van der Waals surface area contributed by atoms with Gasteiger partial charge in [-0.2, -0.15) is 0 Å². The molecule has 5 heteroatoms. The summed E-state index contributed by atoms with van der Waals surface area (Å²) in [6.07, 6.45) is 1.12. The number of rotatable bonds is 2. The van der Waals surface area contributed by atoms with Gasteiger partial charge >= 0.3 is 6.09 Å². The molecule has 22 heavy (non-hydrogen) atoms. The number of methoxy groups -OCH3 is 1. The molecule has 3 rings (SSSR count). The second-order valence-electron chi connectivity index (χ2n) is 4.72. The van der Waals surface area contributed by atoms with Crippen LogP contribution < -0.4 is 5.32 Å². The summed E-state index contributed by atoms with van der Waals surface area (Å²) < 4.78 is 6.13. The highest BCUT2D eigenvalue weighted by Crippen LogP contribution is 2.25. The first-order chi connectivity index (χ1) is 10.7. The first-order valence-corrected chi connectivity index (χ1v) is 6.75. The van der Waals surface area contributed by atoms with Gasteiger partial charge in [0, 0.05) is 17.1 Å². The fourth-order valence-electron chi connectivity index (χ4n) is 2.33. The molecule has 2 aromatic carbocycles. The molecule has 0 spiro atoms. The molecule has 0 saturated carbocycles. The first-order valence-electron chi connectivity index (χ1n) is 6.75. The van der Waals surface area contributed by atoms with E-state index in [2.05, 4.69) is 5.32 Å². The third-order valence-electron chi connectivity index (χ3n) is 3.37. The van der Waals surface area contributed by atoms with Gasteiger partial charge in [0.25, 0.3) is 5.91 Å². The van der Waals surface area contributed by atoms with Crippen LogP contribution in [0.5, 0.6) is 0 Å². The molecule has 110 valence electrons. The highest BCUT2D eigenvalue weighted by Gasteiger charge is 2.14. The van der Waals surface area contributed by atoms with Crippen molar-refractivity contribution in [2.75, 3.05) is 12.4 Å².